The summed E-state index contributed by atoms with van der Waals surface area (Å²) in [4.78, 5) is 12.3. The van der Waals surface area contributed by atoms with Gasteiger partial charge in [0.25, 0.3) is 15.9 Å². The van der Waals surface area contributed by atoms with Crippen molar-refractivity contribution in [2.45, 2.75) is 4.90 Å². The lowest BCUT2D eigenvalue weighted by Gasteiger charge is -2.11. The number of carbonyl (C=O) groups excluding carboxylic acids is 1. The summed E-state index contributed by atoms with van der Waals surface area (Å²) in [7, 11) is -3.74. The molecule has 2 N–H and O–H groups in total. The third-order valence-corrected chi connectivity index (χ3v) is 5.25. The van der Waals surface area contributed by atoms with Gasteiger partial charge in [0.2, 0.25) is 0 Å². The van der Waals surface area contributed by atoms with Crippen LogP contribution < -0.4 is 10.0 Å². The van der Waals surface area contributed by atoms with Crippen LogP contribution >= 0.6 is 11.6 Å². The Labute approximate surface area is 156 Å². The minimum atomic E-state index is -3.74. The van der Waals surface area contributed by atoms with E-state index in [4.69, 9.17) is 11.6 Å². The predicted octanol–water partition coefficient (Wildman–Crippen LogP) is 4.39. The third-order valence-electron chi connectivity index (χ3n) is 3.56. The van der Waals surface area contributed by atoms with Crippen LogP contribution in [0.25, 0.3) is 0 Å². The summed E-state index contributed by atoms with van der Waals surface area (Å²) >= 11 is 6.17. The number of hydrogen-bond acceptors (Lipinski definition) is 3. The van der Waals surface area contributed by atoms with Crippen molar-refractivity contribution in [2.24, 2.45) is 0 Å². The molecule has 0 aliphatic rings. The van der Waals surface area contributed by atoms with Crippen molar-refractivity contribution in [3.05, 3.63) is 89.4 Å². The first kappa shape index (κ1) is 18.0. The minimum absolute atomic E-state index is 0.137. The minimum Gasteiger partial charge on any atom is -0.322 e. The molecule has 3 rings (SSSR count). The van der Waals surface area contributed by atoms with E-state index in [1.165, 1.54) is 24.3 Å². The van der Waals surface area contributed by atoms with Gasteiger partial charge in [-0.2, -0.15) is 0 Å². The van der Waals surface area contributed by atoms with Gasteiger partial charge in [0.15, 0.2) is 0 Å². The van der Waals surface area contributed by atoms with Crippen molar-refractivity contribution < 1.29 is 13.2 Å². The van der Waals surface area contributed by atoms with Gasteiger partial charge >= 0.3 is 0 Å². The molecule has 0 aliphatic heterocycles. The summed E-state index contributed by atoms with van der Waals surface area (Å²) in [5.41, 5.74) is 1.21. The topological polar surface area (TPSA) is 75.3 Å². The van der Waals surface area contributed by atoms with Gasteiger partial charge in [-0.15, -0.1) is 0 Å². The number of amides is 1. The summed E-state index contributed by atoms with van der Waals surface area (Å²) in [5, 5.41) is 2.90. The number of rotatable bonds is 5. The Balaban J connectivity index is 1.77. The fraction of sp³-hybridized carbons (Fsp3) is 0. The van der Waals surface area contributed by atoms with Gasteiger partial charge in [-0.25, -0.2) is 8.42 Å². The van der Waals surface area contributed by atoms with Crippen LogP contribution in [0, 0.1) is 0 Å². The van der Waals surface area contributed by atoms with Gasteiger partial charge < -0.3 is 5.32 Å². The van der Waals surface area contributed by atoms with Gasteiger partial charge in [-0.05, 0) is 42.5 Å². The highest BCUT2D eigenvalue weighted by molar-refractivity contribution is 7.92. The smallest absolute Gasteiger partial charge is 0.261 e. The molecule has 3 aromatic carbocycles. The SMILES string of the molecule is O=C(Nc1ccc(NS(=O)(=O)c2ccccc2)c(Cl)c1)c1ccccc1. The lowest BCUT2D eigenvalue weighted by molar-refractivity contribution is 0.102. The Morgan fingerprint density at radius 3 is 2.08 bits per heavy atom. The number of nitrogens with one attached hydrogen (secondary N) is 2. The molecule has 0 fully saturated rings. The molecule has 7 heteroatoms. The Morgan fingerprint density at radius 1 is 0.846 bits per heavy atom. The molecular formula is C19H15ClN2O3S. The zero-order valence-corrected chi connectivity index (χ0v) is 15.1. The third kappa shape index (κ3) is 4.22. The molecule has 3 aromatic rings. The number of halogens is 1. The van der Waals surface area contributed by atoms with Crippen molar-refractivity contribution in [2.75, 3.05) is 10.0 Å². The zero-order valence-electron chi connectivity index (χ0n) is 13.5. The van der Waals surface area contributed by atoms with Crippen molar-refractivity contribution >= 4 is 38.9 Å². The molecule has 0 spiro atoms. The maximum atomic E-state index is 12.4. The second-order valence-corrected chi connectivity index (χ2v) is 7.52. The van der Waals surface area contributed by atoms with Crippen LogP contribution in [0.1, 0.15) is 10.4 Å². The van der Waals surface area contributed by atoms with E-state index in [1.54, 1.807) is 48.5 Å². The first-order valence-corrected chi connectivity index (χ1v) is 9.56. The van der Waals surface area contributed by atoms with Gasteiger partial charge in [-0.3, -0.25) is 9.52 Å². The molecule has 1 amide bonds. The standard InChI is InChI=1S/C19H15ClN2O3S/c20-17-13-15(21-19(23)14-7-3-1-4-8-14)11-12-18(17)22-26(24,25)16-9-5-2-6-10-16/h1-13,22H,(H,21,23). The normalized spacial score (nSPS) is 11.0. The summed E-state index contributed by atoms with van der Waals surface area (Å²) in [5.74, 6) is -0.278. The molecule has 26 heavy (non-hydrogen) atoms. The maximum Gasteiger partial charge on any atom is 0.261 e. The average Bonchev–Trinajstić information content (AvgIpc) is 2.65. The molecule has 0 unspecified atom stereocenters. The van der Waals surface area contributed by atoms with Crippen LogP contribution in [0.15, 0.2) is 83.8 Å². The molecule has 0 atom stereocenters. The van der Waals surface area contributed by atoms with E-state index in [1.807, 2.05) is 6.07 Å². The maximum absolute atomic E-state index is 12.4. The van der Waals surface area contributed by atoms with Gasteiger partial charge in [-0.1, -0.05) is 48.0 Å². The average molecular weight is 387 g/mol. The molecule has 0 aliphatic carbocycles. The quantitative estimate of drug-likeness (QED) is 0.682. The van der Waals surface area contributed by atoms with Crippen molar-refractivity contribution in [1.29, 1.82) is 0 Å². The van der Waals surface area contributed by atoms with E-state index < -0.39 is 10.0 Å². The number of carbonyl (C=O) groups is 1. The van der Waals surface area contributed by atoms with Crippen LogP contribution in [-0.2, 0) is 10.0 Å². The Bertz CT molecular complexity index is 1020. The second-order valence-electron chi connectivity index (χ2n) is 5.43. The van der Waals surface area contributed by atoms with E-state index in [0.29, 0.717) is 11.3 Å². The van der Waals surface area contributed by atoms with Crippen molar-refractivity contribution in [3.63, 3.8) is 0 Å². The highest BCUT2D eigenvalue weighted by atomic mass is 35.5. The summed E-state index contributed by atoms with van der Waals surface area (Å²) in [6.07, 6.45) is 0. The Kier molecular flexibility index (Phi) is 5.25. The molecule has 0 aromatic heterocycles. The Hall–Kier alpha value is -2.83. The molecule has 132 valence electrons. The first-order chi connectivity index (χ1) is 12.5. The molecule has 0 bridgehead atoms. The van der Waals surface area contributed by atoms with Gasteiger partial charge in [0, 0.05) is 11.3 Å². The highest BCUT2D eigenvalue weighted by Gasteiger charge is 2.15. The fourth-order valence-corrected chi connectivity index (χ4v) is 3.66. The molecule has 0 radical (unpaired) electrons. The first-order valence-electron chi connectivity index (χ1n) is 7.69. The lowest BCUT2D eigenvalue weighted by atomic mass is 10.2. The number of sulfonamides is 1. The van der Waals surface area contributed by atoms with Crippen molar-refractivity contribution in [1.82, 2.24) is 0 Å². The van der Waals surface area contributed by atoms with Gasteiger partial charge in [0.05, 0.1) is 15.6 Å². The second kappa shape index (κ2) is 7.59. The number of anilines is 2. The van der Waals surface area contributed by atoms with E-state index in [0.717, 1.165) is 0 Å². The van der Waals surface area contributed by atoms with Gasteiger partial charge in [0.1, 0.15) is 0 Å². The van der Waals surface area contributed by atoms with E-state index in [9.17, 15) is 13.2 Å². The van der Waals surface area contributed by atoms with Crippen LogP contribution in [-0.4, -0.2) is 14.3 Å². The number of hydrogen-bond donors (Lipinski definition) is 2. The number of benzene rings is 3. The van der Waals surface area contributed by atoms with Crippen LogP contribution in [0.2, 0.25) is 5.02 Å². The molecule has 5 nitrogen and oxygen atoms in total. The van der Waals surface area contributed by atoms with E-state index >= 15 is 0 Å². The van der Waals surface area contributed by atoms with Crippen LogP contribution in [0.5, 0.6) is 0 Å². The summed E-state index contributed by atoms with van der Waals surface area (Å²) in [6, 6.07) is 21.3. The van der Waals surface area contributed by atoms with Crippen molar-refractivity contribution in [3.8, 4) is 0 Å². The highest BCUT2D eigenvalue weighted by Crippen LogP contribution is 2.28. The predicted molar refractivity (Wildman–Crippen MR) is 103 cm³/mol. The molecular weight excluding hydrogens is 372 g/mol. The lowest BCUT2D eigenvalue weighted by Crippen LogP contribution is -2.14. The Morgan fingerprint density at radius 2 is 1.46 bits per heavy atom. The van der Waals surface area contributed by atoms with E-state index in [-0.39, 0.29) is 21.5 Å². The molecule has 0 saturated heterocycles. The molecule has 0 heterocycles. The summed E-state index contributed by atoms with van der Waals surface area (Å²) < 4.78 is 27.2. The fourth-order valence-electron chi connectivity index (χ4n) is 2.27. The zero-order chi connectivity index (χ0) is 18.6. The van der Waals surface area contributed by atoms with Crippen LogP contribution in [0.4, 0.5) is 11.4 Å². The largest absolute Gasteiger partial charge is 0.322 e. The summed E-state index contributed by atoms with van der Waals surface area (Å²) in [6.45, 7) is 0. The van der Waals surface area contributed by atoms with Crippen LogP contribution in [0.3, 0.4) is 0 Å². The monoisotopic (exact) mass is 386 g/mol. The molecule has 0 saturated carbocycles. The van der Waals surface area contributed by atoms with E-state index in [2.05, 4.69) is 10.0 Å².